The summed E-state index contributed by atoms with van der Waals surface area (Å²) in [4.78, 5) is 13.1. The summed E-state index contributed by atoms with van der Waals surface area (Å²) in [5.41, 5.74) is 1.27. The first-order valence-corrected chi connectivity index (χ1v) is 10.4. The molecule has 0 aromatic heterocycles. The van der Waals surface area contributed by atoms with E-state index in [0.717, 1.165) is 23.3 Å². The average Bonchev–Trinajstić information content (AvgIpc) is 2.56. The molecule has 0 radical (unpaired) electrons. The van der Waals surface area contributed by atoms with Crippen LogP contribution < -0.4 is 10.6 Å². The molecule has 1 unspecified atom stereocenters. The smallest absolute Gasteiger partial charge is 0.237 e. The van der Waals surface area contributed by atoms with Crippen LogP contribution in [-0.4, -0.2) is 17.5 Å². The number of hydrogen-bond donors (Lipinski definition) is 2. The summed E-state index contributed by atoms with van der Waals surface area (Å²) in [5.74, 6) is 2.82. The van der Waals surface area contributed by atoms with Crippen molar-refractivity contribution in [3.8, 4) is 0 Å². The van der Waals surface area contributed by atoms with E-state index >= 15 is 0 Å². The molecule has 0 saturated heterocycles. The normalized spacial score (nSPS) is 33.9. The number of rotatable bonds is 5. The van der Waals surface area contributed by atoms with Crippen molar-refractivity contribution < 1.29 is 4.79 Å². The van der Waals surface area contributed by atoms with Crippen molar-refractivity contribution in [2.75, 3.05) is 0 Å². The van der Waals surface area contributed by atoms with E-state index in [0.29, 0.717) is 6.54 Å². The van der Waals surface area contributed by atoms with Gasteiger partial charge in [-0.2, -0.15) is 0 Å². The Morgan fingerprint density at radius 2 is 1.58 bits per heavy atom. The number of nitrogens with one attached hydrogen (secondary N) is 2. The highest BCUT2D eigenvalue weighted by Crippen LogP contribution is 2.56. The number of amides is 1. The van der Waals surface area contributed by atoms with Crippen LogP contribution in [0.2, 0.25) is 0 Å². The summed E-state index contributed by atoms with van der Waals surface area (Å²) in [6.07, 6.45) is 8.12. The highest BCUT2D eigenvalue weighted by molar-refractivity contribution is 5.82. The second-order valence-corrected chi connectivity index (χ2v) is 10.3. The van der Waals surface area contributed by atoms with Gasteiger partial charge in [0.2, 0.25) is 5.91 Å². The molecule has 1 aromatic rings. The van der Waals surface area contributed by atoms with Gasteiger partial charge in [-0.05, 0) is 67.3 Å². The van der Waals surface area contributed by atoms with Gasteiger partial charge in [0.15, 0.2) is 0 Å². The molecule has 1 atom stereocenters. The van der Waals surface area contributed by atoms with Gasteiger partial charge in [-0.1, -0.05) is 51.1 Å². The lowest BCUT2D eigenvalue weighted by Gasteiger charge is -2.58. The lowest BCUT2D eigenvalue weighted by Crippen LogP contribution is -2.65. The van der Waals surface area contributed by atoms with Crippen molar-refractivity contribution in [2.24, 2.45) is 23.2 Å². The van der Waals surface area contributed by atoms with E-state index < -0.39 is 0 Å². The number of carbonyl (C=O) groups excluding carboxylic acids is 1. The van der Waals surface area contributed by atoms with Crippen molar-refractivity contribution in [1.82, 2.24) is 10.6 Å². The average molecular weight is 355 g/mol. The second kappa shape index (κ2) is 6.67. The lowest BCUT2D eigenvalue weighted by molar-refractivity contribution is -0.128. The van der Waals surface area contributed by atoms with Crippen LogP contribution in [0.1, 0.15) is 64.9 Å². The third kappa shape index (κ3) is 3.69. The van der Waals surface area contributed by atoms with Gasteiger partial charge in [-0.15, -0.1) is 0 Å². The van der Waals surface area contributed by atoms with Crippen molar-refractivity contribution in [2.45, 2.75) is 77.4 Å². The fraction of sp³-hybridized carbons (Fsp3) is 0.696. The van der Waals surface area contributed by atoms with Gasteiger partial charge in [0.25, 0.3) is 0 Å². The van der Waals surface area contributed by atoms with E-state index in [4.69, 9.17) is 0 Å². The molecule has 26 heavy (non-hydrogen) atoms. The van der Waals surface area contributed by atoms with E-state index in [1.807, 2.05) is 18.2 Å². The summed E-state index contributed by atoms with van der Waals surface area (Å²) < 4.78 is 0. The molecule has 2 N–H and O–H groups in total. The molecule has 4 aliphatic rings. The Kier molecular flexibility index (Phi) is 4.63. The Balaban J connectivity index is 1.46. The highest BCUT2D eigenvalue weighted by Gasteiger charge is 2.52. The van der Waals surface area contributed by atoms with E-state index in [1.54, 1.807) is 0 Å². The predicted molar refractivity (Wildman–Crippen MR) is 106 cm³/mol. The van der Waals surface area contributed by atoms with Gasteiger partial charge in [0, 0.05) is 12.1 Å². The van der Waals surface area contributed by atoms with Gasteiger partial charge < -0.3 is 5.32 Å². The zero-order chi connectivity index (χ0) is 18.4. The van der Waals surface area contributed by atoms with Crippen LogP contribution >= 0.6 is 0 Å². The number of carbonyl (C=O) groups is 1. The van der Waals surface area contributed by atoms with Crippen molar-refractivity contribution >= 4 is 5.91 Å². The Hall–Kier alpha value is -1.35. The molecular weight excluding hydrogens is 320 g/mol. The van der Waals surface area contributed by atoms with Gasteiger partial charge in [0.1, 0.15) is 0 Å². The third-order valence-corrected chi connectivity index (χ3v) is 6.93. The minimum atomic E-state index is -0.137. The molecule has 4 saturated carbocycles. The van der Waals surface area contributed by atoms with E-state index in [-0.39, 0.29) is 22.9 Å². The summed E-state index contributed by atoms with van der Waals surface area (Å²) in [6, 6.07) is 10.1. The van der Waals surface area contributed by atoms with Crippen molar-refractivity contribution in [1.29, 1.82) is 0 Å². The topological polar surface area (TPSA) is 41.1 Å². The SMILES string of the molecule is CC(C)(C)C(NC12CC3CC(CC(C3)C1)C2)C(=O)NCc1ccccc1. The van der Waals surface area contributed by atoms with Crippen LogP contribution in [0.4, 0.5) is 0 Å². The molecule has 4 bridgehead atoms. The maximum atomic E-state index is 13.1. The van der Waals surface area contributed by atoms with Gasteiger partial charge in [0.05, 0.1) is 6.04 Å². The molecule has 0 spiro atoms. The first-order chi connectivity index (χ1) is 12.3. The molecule has 5 rings (SSSR count). The standard InChI is InChI=1S/C23H34N2O/c1-22(2,3)20(21(26)24-15-16-7-5-4-6-8-16)25-23-12-17-9-18(13-23)11-19(10-17)14-23/h4-8,17-20,25H,9-15H2,1-3H3,(H,24,26). The zero-order valence-electron chi connectivity index (χ0n) is 16.6. The molecule has 4 aliphatic carbocycles. The first kappa shape index (κ1) is 18.0. The molecule has 0 aliphatic heterocycles. The quantitative estimate of drug-likeness (QED) is 0.829. The molecule has 142 valence electrons. The van der Waals surface area contributed by atoms with Crippen molar-refractivity contribution in [3.05, 3.63) is 35.9 Å². The van der Waals surface area contributed by atoms with E-state index in [1.165, 1.54) is 38.5 Å². The molecule has 3 nitrogen and oxygen atoms in total. The number of benzene rings is 1. The van der Waals surface area contributed by atoms with Gasteiger partial charge in [-0.25, -0.2) is 0 Å². The molecule has 1 aromatic carbocycles. The fourth-order valence-corrected chi connectivity index (χ4v) is 6.16. The van der Waals surface area contributed by atoms with Crippen molar-refractivity contribution in [3.63, 3.8) is 0 Å². The van der Waals surface area contributed by atoms with Crippen LogP contribution in [-0.2, 0) is 11.3 Å². The van der Waals surface area contributed by atoms with E-state index in [2.05, 4.69) is 43.5 Å². The maximum absolute atomic E-state index is 13.1. The molecule has 0 heterocycles. The van der Waals surface area contributed by atoms with Gasteiger partial charge in [-0.3, -0.25) is 10.1 Å². The minimum absolute atomic E-state index is 0.0932. The van der Waals surface area contributed by atoms with Gasteiger partial charge >= 0.3 is 0 Å². The summed E-state index contributed by atoms with van der Waals surface area (Å²) in [6.45, 7) is 7.17. The molecular formula is C23H34N2O. The Morgan fingerprint density at radius 1 is 1.04 bits per heavy atom. The summed E-state index contributed by atoms with van der Waals surface area (Å²) >= 11 is 0. The molecule has 1 amide bonds. The molecule has 3 heteroatoms. The number of hydrogen-bond acceptors (Lipinski definition) is 2. The Bertz CT molecular complexity index is 611. The van der Waals surface area contributed by atoms with Crippen LogP contribution in [0.15, 0.2) is 30.3 Å². The second-order valence-electron chi connectivity index (χ2n) is 10.3. The summed E-state index contributed by atoms with van der Waals surface area (Å²) in [5, 5.41) is 7.11. The fourth-order valence-electron chi connectivity index (χ4n) is 6.16. The van der Waals surface area contributed by atoms with Crippen LogP contribution in [0, 0.1) is 23.2 Å². The highest BCUT2D eigenvalue weighted by atomic mass is 16.2. The monoisotopic (exact) mass is 354 g/mol. The van der Waals surface area contributed by atoms with E-state index in [9.17, 15) is 4.79 Å². The molecule has 4 fully saturated rings. The maximum Gasteiger partial charge on any atom is 0.237 e. The van der Waals surface area contributed by atoms with Crippen LogP contribution in [0.5, 0.6) is 0 Å². The third-order valence-electron chi connectivity index (χ3n) is 6.93. The zero-order valence-corrected chi connectivity index (χ0v) is 16.6. The lowest BCUT2D eigenvalue weighted by atomic mass is 9.52. The minimum Gasteiger partial charge on any atom is -0.351 e. The Morgan fingerprint density at radius 3 is 2.08 bits per heavy atom. The largest absolute Gasteiger partial charge is 0.351 e. The van der Waals surface area contributed by atoms with Crippen LogP contribution in [0.25, 0.3) is 0 Å². The predicted octanol–water partition coefficient (Wildman–Crippen LogP) is 4.28. The summed E-state index contributed by atoms with van der Waals surface area (Å²) in [7, 11) is 0. The van der Waals surface area contributed by atoms with Crippen LogP contribution in [0.3, 0.4) is 0 Å². The Labute approximate surface area is 158 Å². The first-order valence-electron chi connectivity index (χ1n) is 10.4.